The van der Waals surface area contributed by atoms with Crippen LogP contribution in [0, 0.1) is 23.2 Å². The molecule has 0 aromatic heterocycles. The molecule has 1 saturated carbocycles. The molecule has 0 heterocycles. The lowest BCUT2D eigenvalue weighted by atomic mass is 10.1. The van der Waals surface area contributed by atoms with E-state index in [0.29, 0.717) is 12.5 Å². The molecule has 0 spiro atoms. The van der Waals surface area contributed by atoms with Gasteiger partial charge in [-0.25, -0.2) is 0 Å². The summed E-state index contributed by atoms with van der Waals surface area (Å²) in [6.45, 7) is 8.74. The Bertz CT molecular complexity index is 274. The Balaban J connectivity index is 2.38. The summed E-state index contributed by atoms with van der Waals surface area (Å²) in [5.74, 6) is 0.472. The van der Waals surface area contributed by atoms with Crippen LogP contribution in [0.3, 0.4) is 0 Å². The molecule has 0 aromatic carbocycles. The van der Waals surface area contributed by atoms with Crippen LogP contribution in [-0.2, 0) is 9.63 Å². The van der Waals surface area contributed by atoms with Crippen molar-refractivity contribution in [1.29, 1.82) is 0 Å². The van der Waals surface area contributed by atoms with Crippen molar-refractivity contribution in [2.24, 2.45) is 28.3 Å². The molecule has 0 amide bonds. The largest absolute Gasteiger partial charge is 0.396 e. The summed E-state index contributed by atoms with van der Waals surface area (Å²) in [7, 11) is 0. The Hall–Kier alpha value is -0.570. The van der Waals surface area contributed by atoms with Gasteiger partial charge >= 0.3 is 0 Å². The molecule has 1 rings (SSSR count). The van der Waals surface area contributed by atoms with E-state index >= 15 is 0 Å². The highest BCUT2D eigenvalue weighted by atomic mass is 35.5. The van der Waals surface area contributed by atoms with Crippen LogP contribution in [0.4, 0.5) is 0 Å². The van der Waals surface area contributed by atoms with Crippen LogP contribution in [0.5, 0.6) is 0 Å². The Morgan fingerprint density at radius 1 is 1.60 bits per heavy atom. The maximum absolute atomic E-state index is 11.0. The third-order valence-electron chi connectivity index (χ3n) is 2.86. The maximum atomic E-state index is 11.0. The van der Waals surface area contributed by atoms with Gasteiger partial charge in [-0.1, -0.05) is 32.9 Å². The van der Waals surface area contributed by atoms with Crippen LogP contribution in [0.1, 0.15) is 27.7 Å². The van der Waals surface area contributed by atoms with E-state index in [4.69, 9.17) is 16.4 Å². The second-order valence-corrected chi connectivity index (χ2v) is 5.45. The number of oxime groups is 1. The van der Waals surface area contributed by atoms with Crippen molar-refractivity contribution in [1.82, 2.24) is 0 Å². The minimum absolute atomic E-state index is 0.0659. The fourth-order valence-corrected chi connectivity index (χ4v) is 2.11. The quantitative estimate of drug-likeness (QED) is 0.415. The first-order chi connectivity index (χ1) is 6.87. The molecule has 4 heteroatoms. The molecule has 2 unspecified atom stereocenters. The summed E-state index contributed by atoms with van der Waals surface area (Å²) in [5, 5.41) is 3.59. The fourth-order valence-electron chi connectivity index (χ4n) is 1.69. The van der Waals surface area contributed by atoms with Gasteiger partial charge in [-0.05, 0) is 22.9 Å². The van der Waals surface area contributed by atoms with Crippen LogP contribution in [-0.4, -0.2) is 18.1 Å². The molecule has 86 valence electrons. The van der Waals surface area contributed by atoms with Crippen molar-refractivity contribution >= 4 is 23.1 Å². The molecule has 1 aliphatic rings. The van der Waals surface area contributed by atoms with Crippen LogP contribution >= 0.6 is 11.6 Å². The molecule has 1 fully saturated rings. The van der Waals surface area contributed by atoms with E-state index in [1.807, 2.05) is 13.8 Å². The zero-order valence-corrected chi connectivity index (χ0v) is 10.4. The first-order valence-corrected chi connectivity index (χ1v) is 5.60. The van der Waals surface area contributed by atoms with Crippen LogP contribution < -0.4 is 0 Å². The molecule has 1 aliphatic carbocycles. The van der Waals surface area contributed by atoms with Gasteiger partial charge in [0, 0.05) is 18.1 Å². The van der Waals surface area contributed by atoms with E-state index in [0.717, 1.165) is 0 Å². The van der Waals surface area contributed by atoms with Crippen molar-refractivity contribution in [2.45, 2.75) is 27.7 Å². The van der Waals surface area contributed by atoms with Gasteiger partial charge < -0.3 is 4.84 Å². The highest BCUT2D eigenvalue weighted by Gasteiger charge is 2.60. The number of hydrogen-bond acceptors (Lipinski definition) is 3. The van der Waals surface area contributed by atoms with Gasteiger partial charge in [-0.3, -0.25) is 4.79 Å². The molecule has 15 heavy (non-hydrogen) atoms. The van der Waals surface area contributed by atoms with E-state index in [1.54, 1.807) is 6.21 Å². The minimum Gasteiger partial charge on any atom is -0.396 e. The minimum atomic E-state index is -0.277. The number of carbonyl (C=O) groups is 1. The van der Waals surface area contributed by atoms with E-state index in [9.17, 15) is 4.79 Å². The summed E-state index contributed by atoms with van der Waals surface area (Å²) in [6, 6.07) is 0. The fraction of sp³-hybridized carbons (Fsp3) is 0.818. The highest BCUT2D eigenvalue weighted by molar-refractivity contribution is 6.64. The standard InChI is InChI=1S/C11H18ClNO2/c1-7(2)6-15-13-5-8-9(10(12)14)11(8,3)4/h5,7-9H,6H2,1-4H3. The number of nitrogens with zero attached hydrogens (tertiary/aromatic N) is 1. The lowest BCUT2D eigenvalue weighted by molar-refractivity contribution is -0.113. The third-order valence-corrected chi connectivity index (χ3v) is 3.09. The van der Waals surface area contributed by atoms with Crippen molar-refractivity contribution in [2.75, 3.05) is 6.61 Å². The molecular formula is C11H18ClNO2. The predicted octanol–water partition coefficient (Wildman–Crippen LogP) is 2.68. The molecular weight excluding hydrogens is 214 g/mol. The second-order valence-electron chi connectivity index (χ2n) is 5.07. The molecule has 3 nitrogen and oxygen atoms in total. The summed E-state index contributed by atoms with van der Waals surface area (Å²) in [5.41, 5.74) is -0.0659. The SMILES string of the molecule is CC(C)CON=CC1C(C(=O)Cl)C1(C)C. The summed E-state index contributed by atoms with van der Waals surface area (Å²) >= 11 is 5.48. The zero-order valence-electron chi connectivity index (χ0n) is 9.66. The van der Waals surface area contributed by atoms with Gasteiger partial charge in [0.2, 0.25) is 5.24 Å². The monoisotopic (exact) mass is 231 g/mol. The second kappa shape index (κ2) is 4.52. The van der Waals surface area contributed by atoms with Crippen molar-refractivity contribution in [3.8, 4) is 0 Å². The average molecular weight is 232 g/mol. The summed E-state index contributed by atoms with van der Waals surface area (Å²) < 4.78 is 0. The van der Waals surface area contributed by atoms with Crippen LogP contribution in [0.15, 0.2) is 5.16 Å². The van der Waals surface area contributed by atoms with Gasteiger partial charge in [0.15, 0.2) is 0 Å². The first-order valence-electron chi connectivity index (χ1n) is 5.22. The van der Waals surface area contributed by atoms with Gasteiger partial charge in [-0.15, -0.1) is 0 Å². The lowest BCUT2D eigenvalue weighted by Crippen LogP contribution is -1.98. The molecule has 0 saturated heterocycles. The number of rotatable bonds is 5. The molecule has 0 radical (unpaired) electrons. The van der Waals surface area contributed by atoms with E-state index < -0.39 is 0 Å². The Morgan fingerprint density at radius 2 is 2.20 bits per heavy atom. The summed E-state index contributed by atoms with van der Waals surface area (Å²) in [6.07, 6.45) is 1.70. The number of halogens is 1. The smallest absolute Gasteiger partial charge is 0.225 e. The third kappa shape index (κ3) is 2.94. The van der Waals surface area contributed by atoms with Crippen LogP contribution in [0.2, 0.25) is 0 Å². The topological polar surface area (TPSA) is 38.7 Å². The predicted molar refractivity (Wildman–Crippen MR) is 60.9 cm³/mol. The van der Waals surface area contributed by atoms with Gasteiger partial charge in [0.1, 0.15) is 6.61 Å². The van der Waals surface area contributed by atoms with E-state index in [1.165, 1.54) is 0 Å². The Kier molecular flexibility index (Phi) is 3.77. The lowest BCUT2D eigenvalue weighted by Gasteiger charge is -2.01. The molecule has 2 atom stereocenters. The van der Waals surface area contributed by atoms with Gasteiger partial charge in [-0.2, -0.15) is 0 Å². The molecule has 0 bridgehead atoms. The first kappa shape index (κ1) is 12.5. The number of carbonyl (C=O) groups excluding carboxylic acids is 1. The average Bonchev–Trinajstić information content (AvgIpc) is 2.62. The van der Waals surface area contributed by atoms with Crippen molar-refractivity contribution in [3.05, 3.63) is 0 Å². The normalized spacial score (nSPS) is 28.4. The molecule has 0 N–H and O–H groups in total. The highest BCUT2D eigenvalue weighted by Crippen LogP contribution is 2.58. The van der Waals surface area contributed by atoms with Gasteiger partial charge in [0.05, 0.1) is 0 Å². The van der Waals surface area contributed by atoms with Crippen LogP contribution in [0.25, 0.3) is 0 Å². The summed E-state index contributed by atoms with van der Waals surface area (Å²) in [4.78, 5) is 16.1. The number of hydrogen-bond donors (Lipinski definition) is 0. The van der Waals surface area contributed by atoms with Crippen molar-refractivity contribution < 1.29 is 9.63 Å². The maximum Gasteiger partial charge on any atom is 0.225 e. The van der Waals surface area contributed by atoms with E-state index in [-0.39, 0.29) is 22.5 Å². The Morgan fingerprint density at radius 3 is 2.60 bits per heavy atom. The van der Waals surface area contributed by atoms with Crippen molar-refractivity contribution in [3.63, 3.8) is 0 Å². The van der Waals surface area contributed by atoms with E-state index in [2.05, 4.69) is 19.0 Å². The molecule has 0 aromatic rings. The Labute approximate surface area is 95.8 Å². The molecule has 0 aliphatic heterocycles. The van der Waals surface area contributed by atoms with Gasteiger partial charge in [0.25, 0.3) is 0 Å². The zero-order chi connectivity index (χ0) is 11.6.